The van der Waals surface area contributed by atoms with Crippen molar-refractivity contribution in [3.05, 3.63) is 53.5 Å². The molecule has 0 radical (unpaired) electrons. The fourth-order valence-electron chi connectivity index (χ4n) is 4.13. The van der Waals surface area contributed by atoms with Crippen molar-refractivity contribution in [2.45, 2.75) is 56.8 Å². The molecule has 1 fully saturated rings. The van der Waals surface area contributed by atoms with E-state index in [2.05, 4.69) is 56.5 Å². The van der Waals surface area contributed by atoms with Crippen molar-refractivity contribution in [1.29, 1.82) is 0 Å². The van der Waals surface area contributed by atoms with Gasteiger partial charge in [-0.3, -0.25) is 9.36 Å². The highest BCUT2D eigenvalue weighted by atomic mass is 32.2. The number of amides is 1. The standard InChI is InChI=1S/C25H32N6O2S/c1-18-9-11-19(12-10-18)24-28-29-25(31(24)20-7-5-4-6-8-20)34-17-23(32)27-26-15-21-13-14-22(33-21)16-30(2)3/h9-15,20H,4-8,16-17H2,1-3H3,(H,27,32)/b26-15+. The molecule has 2 aromatic heterocycles. The molecule has 9 heteroatoms. The summed E-state index contributed by atoms with van der Waals surface area (Å²) >= 11 is 1.40. The monoisotopic (exact) mass is 480 g/mol. The van der Waals surface area contributed by atoms with E-state index < -0.39 is 0 Å². The predicted molar refractivity (Wildman–Crippen MR) is 135 cm³/mol. The van der Waals surface area contributed by atoms with Gasteiger partial charge in [-0.1, -0.05) is 60.9 Å². The molecule has 0 spiro atoms. The molecule has 2 heterocycles. The second-order valence-corrected chi connectivity index (χ2v) is 9.90. The Bertz CT molecular complexity index is 1110. The number of nitrogens with one attached hydrogen (secondary N) is 1. The number of hydrazone groups is 1. The van der Waals surface area contributed by atoms with E-state index in [4.69, 9.17) is 4.42 Å². The van der Waals surface area contributed by atoms with Crippen molar-refractivity contribution in [3.63, 3.8) is 0 Å². The van der Waals surface area contributed by atoms with Crippen LogP contribution in [0.25, 0.3) is 11.4 Å². The van der Waals surface area contributed by atoms with Crippen LogP contribution in [-0.2, 0) is 11.3 Å². The Balaban J connectivity index is 1.40. The van der Waals surface area contributed by atoms with Gasteiger partial charge in [-0.2, -0.15) is 5.10 Å². The second kappa shape index (κ2) is 11.5. The van der Waals surface area contributed by atoms with E-state index in [-0.39, 0.29) is 11.7 Å². The van der Waals surface area contributed by atoms with E-state index >= 15 is 0 Å². The zero-order valence-electron chi connectivity index (χ0n) is 20.0. The average molecular weight is 481 g/mol. The van der Waals surface area contributed by atoms with Crippen molar-refractivity contribution in [1.82, 2.24) is 25.1 Å². The number of rotatable bonds is 9. The van der Waals surface area contributed by atoms with Gasteiger partial charge in [-0.25, -0.2) is 5.43 Å². The molecule has 0 unspecified atom stereocenters. The molecular formula is C25H32N6O2S. The van der Waals surface area contributed by atoms with Crippen LogP contribution in [0.1, 0.15) is 55.2 Å². The molecular weight excluding hydrogens is 448 g/mol. The normalized spacial score (nSPS) is 14.8. The first-order chi connectivity index (χ1) is 16.5. The molecule has 0 atom stereocenters. The van der Waals surface area contributed by atoms with Crippen LogP contribution >= 0.6 is 11.8 Å². The van der Waals surface area contributed by atoms with Crippen LogP contribution in [0.3, 0.4) is 0 Å². The van der Waals surface area contributed by atoms with Gasteiger partial charge in [-0.15, -0.1) is 10.2 Å². The smallest absolute Gasteiger partial charge is 0.250 e. The highest BCUT2D eigenvalue weighted by Crippen LogP contribution is 2.35. The molecule has 34 heavy (non-hydrogen) atoms. The Morgan fingerprint density at radius 1 is 1.18 bits per heavy atom. The number of aryl methyl sites for hydroxylation is 1. The highest BCUT2D eigenvalue weighted by Gasteiger charge is 2.24. The largest absolute Gasteiger partial charge is 0.459 e. The second-order valence-electron chi connectivity index (χ2n) is 8.96. The number of carbonyl (C=O) groups is 1. The van der Waals surface area contributed by atoms with Gasteiger partial charge in [0.05, 0.1) is 18.5 Å². The number of hydrogen-bond acceptors (Lipinski definition) is 7. The minimum Gasteiger partial charge on any atom is -0.459 e. The summed E-state index contributed by atoms with van der Waals surface area (Å²) in [6.45, 7) is 2.79. The van der Waals surface area contributed by atoms with Crippen LogP contribution in [0.5, 0.6) is 0 Å². The highest BCUT2D eigenvalue weighted by molar-refractivity contribution is 7.99. The summed E-state index contributed by atoms with van der Waals surface area (Å²) in [5.41, 5.74) is 4.84. The molecule has 3 aromatic rings. The van der Waals surface area contributed by atoms with Crippen LogP contribution in [0.2, 0.25) is 0 Å². The molecule has 0 bridgehead atoms. The lowest BCUT2D eigenvalue weighted by Gasteiger charge is -2.25. The number of carbonyl (C=O) groups excluding carboxylic acids is 1. The van der Waals surface area contributed by atoms with E-state index in [9.17, 15) is 4.79 Å². The molecule has 1 aliphatic carbocycles. The Kier molecular flexibility index (Phi) is 8.18. The van der Waals surface area contributed by atoms with E-state index in [0.29, 0.717) is 18.3 Å². The van der Waals surface area contributed by atoms with Crippen molar-refractivity contribution < 1.29 is 9.21 Å². The molecule has 180 valence electrons. The van der Waals surface area contributed by atoms with Gasteiger partial charge in [0.25, 0.3) is 5.91 Å². The molecule has 0 aliphatic heterocycles. The van der Waals surface area contributed by atoms with Crippen LogP contribution in [-0.4, -0.2) is 51.6 Å². The third kappa shape index (κ3) is 6.36. The van der Waals surface area contributed by atoms with Crippen molar-refractivity contribution in [3.8, 4) is 11.4 Å². The third-order valence-corrected chi connectivity index (χ3v) is 6.73. The maximum atomic E-state index is 12.4. The number of benzene rings is 1. The van der Waals surface area contributed by atoms with Crippen molar-refractivity contribution in [2.75, 3.05) is 19.8 Å². The molecule has 1 aromatic carbocycles. The Hall–Kier alpha value is -2.91. The Morgan fingerprint density at radius 2 is 1.94 bits per heavy atom. The lowest BCUT2D eigenvalue weighted by atomic mass is 9.95. The summed E-state index contributed by atoms with van der Waals surface area (Å²) in [5, 5.41) is 13.8. The fraction of sp³-hybridized carbons (Fsp3) is 0.440. The first kappa shape index (κ1) is 24.2. The van der Waals surface area contributed by atoms with Crippen molar-refractivity contribution >= 4 is 23.9 Å². The quantitative estimate of drug-likeness (QED) is 0.272. The van der Waals surface area contributed by atoms with Crippen LogP contribution in [0.4, 0.5) is 0 Å². The lowest BCUT2D eigenvalue weighted by molar-refractivity contribution is -0.118. The van der Waals surface area contributed by atoms with Gasteiger partial charge in [0.2, 0.25) is 0 Å². The maximum absolute atomic E-state index is 12.4. The Morgan fingerprint density at radius 3 is 2.68 bits per heavy atom. The van der Waals surface area contributed by atoms with E-state index in [1.165, 1.54) is 42.8 Å². The van der Waals surface area contributed by atoms with Gasteiger partial charge in [-0.05, 0) is 46.0 Å². The van der Waals surface area contributed by atoms with Gasteiger partial charge in [0, 0.05) is 11.6 Å². The fourth-order valence-corrected chi connectivity index (χ4v) is 4.93. The minimum atomic E-state index is -0.198. The molecule has 4 rings (SSSR count). The topological polar surface area (TPSA) is 88.6 Å². The summed E-state index contributed by atoms with van der Waals surface area (Å²) in [7, 11) is 3.96. The number of aromatic nitrogens is 3. The molecule has 1 aliphatic rings. The molecule has 8 nitrogen and oxygen atoms in total. The molecule has 1 amide bonds. The summed E-state index contributed by atoms with van der Waals surface area (Å²) < 4.78 is 7.91. The number of furan rings is 1. The number of hydrogen-bond donors (Lipinski definition) is 1. The summed E-state index contributed by atoms with van der Waals surface area (Å²) in [5.74, 6) is 2.33. The lowest BCUT2D eigenvalue weighted by Crippen LogP contribution is -2.20. The van der Waals surface area contributed by atoms with Gasteiger partial charge in [0.15, 0.2) is 11.0 Å². The SMILES string of the molecule is Cc1ccc(-c2nnc(SCC(=O)N/N=C/c3ccc(CN(C)C)o3)n2C2CCCCC2)cc1. The summed E-state index contributed by atoms with van der Waals surface area (Å²) in [4.78, 5) is 14.4. The van der Waals surface area contributed by atoms with Gasteiger partial charge in [0.1, 0.15) is 11.5 Å². The van der Waals surface area contributed by atoms with Crippen molar-refractivity contribution in [2.24, 2.45) is 5.10 Å². The number of nitrogens with zero attached hydrogens (tertiary/aromatic N) is 5. The Labute approximate surface area is 204 Å². The van der Waals surface area contributed by atoms with Gasteiger partial charge >= 0.3 is 0 Å². The van der Waals surface area contributed by atoms with Crippen LogP contribution < -0.4 is 5.43 Å². The van der Waals surface area contributed by atoms with E-state index in [1.54, 1.807) is 0 Å². The van der Waals surface area contributed by atoms with Crippen LogP contribution in [0, 0.1) is 6.92 Å². The summed E-state index contributed by atoms with van der Waals surface area (Å²) in [6.07, 6.45) is 7.42. The van der Waals surface area contributed by atoms with Crippen LogP contribution in [0.15, 0.2) is 51.1 Å². The minimum absolute atomic E-state index is 0.198. The molecule has 1 N–H and O–H groups in total. The van der Waals surface area contributed by atoms with Gasteiger partial charge < -0.3 is 9.32 Å². The zero-order valence-corrected chi connectivity index (χ0v) is 20.8. The average Bonchev–Trinajstić information content (AvgIpc) is 3.45. The zero-order chi connectivity index (χ0) is 23.9. The molecule has 1 saturated carbocycles. The third-order valence-electron chi connectivity index (χ3n) is 5.78. The molecule has 0 saturated heterocycles. The number of thioether (sulfide) groups is 1. The first-order valence-electron chi connectivity index (χ1n) is 11.7. The maximum Gasteiger partial charge on any atom is 0.250 e. The summed E-state index contributed by atoms with van der Waals surface area (Å²) in [6, 6.07) is 12.5. The van der Waals surface area contributed by atoms with E-state index in [1.807, 2.05) is 31.1 Å². The van der Waals surface area contributed by atoms with E-state index in [0.717, 1.165) is 35.1 Å². The predicted octanol–water partition coefficient (Wildman–Crippen LogP) is 4.66. The first-order valence-corrected chi connectivity index (χ1v) is 12.7.